The Bertz CT molecular complexity index is 686. The normalized spacial score (nSPS) is 21.3. The molecule has 2 fully saturated rings. The maximum absolute atomic E-state index is 13.0. The maximum atomic E-state index is 13.0. The van der Waals surface area contributed by atoms with Crippen molar-refractivity contribution >= 4 is 11.8 Å². The lowest BCUT2D eigenvalue weighted by Crippen LogP contribution is -2.44. The van der Waals surface area contributed by atoms with Gasteiger partial charge in [0.15, 0.2) is 5.82 Å². The fraction of sp³-hybridized carbons (Fsp3) is 0.810. The molecule has 29 heavy (non-hydrogen) atoms. The molecule has 2 heterocycles. The number of hydrogen-bond acceptors (Lipinski definition) is 6. The molecule has 8 heteroatoms. The van der Waals surface area contributed by atoms with Crippen LogP contribution in [0.5, 0.6) is 0 Å². The predicted octanol–water partition coefficient (Wildman–Crippen LogP) is 2.71. The minimum atomic E-state index is -0.382. The predicted molar refractivity (Wildman–Crippen MR) is 107 cm³/mol. The van der Waals surface area contributed by atoms with E-state index in [0.29, 0.717) is 44.2 Å². The summed E-state index contributed by atoms with van der Waals surface area (Å²) in [5.74, 6) is 1.08. The van der Waals surface area contributed by atoms with Crippen LogP contribution in [-0.2, 0) is 27.3 Å². The minimum Gasteiger partial charge on any atom is -0.365 e. The molecule has 0 unspecified atom stereocenters. The van der Waals surface area contributed by atoms with Gasteiger partial charge >= 0.3 is 0 Å². The summed E-state index contributed by atoms with van der Waals surface area (Å²) in [7, 11) is 0. The number of likely N-dealkylation sites (tertiary alicyclic amines) is 1. The Morgan fingerprint density at radius 3 is 2.62 bits per heavy atom. The monoisotopic (exact) mass is 406 g/mol. The zero-order valence-electron chi connectivity index (χ0n) is 17.9. The molecule has 1 aliphatic carbocycles. The molecule has 0 radical (unpaired) electrons. The average Bonchev–Trinajstić information content (AvgIpc) is 3.39. The van der Waals surface area contributed by atoms with Gasteiger partial charge in [-0.2, -0.15) is 4.98 Å². The van der Waals surface area contributed by atoms with Crippen LogP contribution in [0.15, 0.2) is 4.52 Å². The summed E-state index contributed by atoms with van der Waals surface area (Å²) in [6.45, 7) is 6.97. The molecular formula is C21H34N4O4. The summed E-state index contributed by atoms with van der Waals surface area (Å²) in [4.78, 5) is 33.2. The van der Waals surface area contributed by atoms with Crippen LogP contribution < -0.4 is 0 Å². The zero-order valence-corrected chi connectivity index (χ0v) is 17.9. The number of rotatable bonds is 8. The van der Waals surface area contributed by atoms with E-state index < -0.39 is 0 Å². The molecule has 3 rings (SSSR count). The molecule has 1 aromatic rings. The first-order valence-electron chi connectivity index (χ1n) is 11.0. The van der Waals surface area contributed by atoms with Gasteiger partial charge in [0.2, 0.25) is 11.8 Å². The number of amides is 2. The van der Waals surface area contributed by atoms with Gasteiger partial charge in [-0.3, -0.25) is 9.59 Å². The van der Waals surface area contributed by atoms with Gasteiger partial charge in [0.25, 0.3) is 5.91 Å². The Balaban J connectivity index is 1.58. The highest BCUT2D eigenvalue weighted by molar-refractivity contribution is 5.81. The molecule has 1 aromatic heterocycles. The van der Waals surface area contributed by atoms with Crippen LogP contribution in [-0.4, -0.2) is 63.1 Å². The van der Waals surface area contributed by atoms with Crippen LogP contribution in [0, 0.1) is 0 Å². The van der Waals surface area contributed by atoms with E-state index >= 15 is 0 Å². The van der Waals surface area contributed by atoms with E-state index in [2.05, 4.69) is 10.1 Å². The number of nitrogens with zero attached hydrogens (tertiary/aromatic N) is 4. The van der Waals surface area contributed by atoms with E-state index in [1.165, 1.54) is 19.3 Å². The van der Waals surface area contributed by atoms with Gasteiger partial charge in [-0.15, -0.1) is 0 Å². The third-order valence-corrected chi connectivity index (χ3v) is 6.00. The van der Waals surface area contributed by atoms with Crippen LogP contribution in [0.4, 0.5) is 0 Å². The summed E-state index contributed by atoms with van der Waals surface area (Å²) in [5.41, 5.74) is 0. The summed E-state index contributed by atoms with van der Waals surface area (Å²) in [6.07, 6.45) is 7.65. The third kappa shape index (κ3) is 5.56. The first kappa shape index (κ1) is 21.7. The maximum Gasteiger partial charge on any atom is 0.251 e. The Labute approximate surface area is 172 Å². The lowest BCUT2D eigenvalue weighted by atomic mass is 9.97. The summed E-state index contributed by atoms with van der Waals surface area (Å²) >= 11 is 0. The topological polar surface area (TPSA) is 88.8 Å². The minimum absolute atomic E-state index is 0.0350. The molecule has 2 aliphatic rings. The number of aryl methyl sites for hydroxylation is 1. The molecule has 1 saturated heterocycles. The molecule has 0 spiro atoms. The van der Waals surface area contributed by atoms with E-state index in [1.807, 2.05) is 18.7 Å². The van der Waals surface area contributed by atoms with Crippen LogP contribution >= 0.6 is 0 Å². The number of carbonyl (C=O) groups is 2. The second kappa shape index (κ2) is 10.2. The van der Waals surface area contributed by atoms with Crippen LogP contribution in [0.1, 0.15) is 77.4 Å². The highest BCUT2D eigenvalue weighted by Crippen LogP contribution is 2.24. The van der Waals surface area contributed by atoms with Gasteiger partial charge in [-0.1, -0.05) is 38.3 Å². The highest BCUT2D eigenvalue weighted by atomic mass is 16.5. The zero-order chi connectivity index (χ0) is 20.8. The Kier molecular flexibility index (Phi) is 7.64. The average molecular weight is 407 g/mol. The second-order valence-corrected chi connectivity index (χ2v) is 8.12. The van der Waals surface area contributed by atoms with E-state index in [-0.39, 0.29) is 30.1 Å². The van der Waals surface area contributed by atoms with Crippen molar-refractivity contribution in [2.75, 3.05) is 13.1 Å². The van der Waals surface area contributed by atoms with Gasteiger partial charge in [0.1, 0.15) is 6.10 Å². The number of hydrogen-bond donors (Lipinski definition) is 0. The van der Waals surface area contributed by atoms with Crippen LogP contribution in [0.2, 0.25) is 0 Å². The van der Waals surface area contributed by atoms with Gasteiger partial charge in [0.05, 0.1) is 18.7 Å². The van der Waals surface area contributed by atoms with Crippen molar-refractivity contribution in [3.63, 3.8) is 0 Å². The van der Waals surface area contributed by atoms with Gasteiger partial charge in [-0.25, -0.2) is 0 Å². The number of carbonyl (C=O) groups excluding carboxylic acids is 2. The Morgan fingerprint density at radius 2 is 2.00 bits per heavy atom. The van der Waals surface area contributed by atoms with E-state index in [0.717, 1.165) is 19.3 Å². The van der Waals surface area contributed by atoms with Gasteiger partial charge in [0, 0.05) is 26.4 Å². The molecule has 1 saturated carbocycles. The quantitative estimate of drug-likeness (QED) is 0.659. The van der Waals surface area contributed by atoms with Crippen molar-refractivity contribution in [2.45, 2.75) is 96.9 Å². The summed E-state index contributed by atoms with van der Waals surface area (Å²) < 4.78 is 11.3. The summed E-state index contributed by atoms with van der Waals surface area (Å²) in [6, 6.07) is -0.0350. The SMILES string of the molecule is CCc1nc(CN(C(C)=O)[C@H]2CCN(C(=O)[C@H](CC)OC3CCCCC3)C2)no1. The van der Waals surface area contributed by atoms with E-state index in [9.17, 15) is 9.59 Å². The van der Waals surface area contributed by atoms with Crippen molar-refractivity contribution in [1.82, 2.24) is 19.9 Å². The van der Waals surface area contributed by atoms with E-state index in [1.54, 1.807) is 11.8 Å². The Morgan fingerprint density at radius 1 is 1.24 bits per heavy atom. The third-order valence-electron chi connectivity index (χ3n) is 6.00. The molecule has 2 atom stereocenters. The number of aromatic nitrogens is 2. The first-order valence-corrected chi connectivity index (χ1v) is 11.0. The fourth-order valence-corrected chi connectivity index (χ4v) is 4.31. The molecular weight excluding hydrogens is 372 g/mol. The largest absolute Gasteiger partial charge is 0.365 e. The lowest BCUT2D eigenvalue weighted by Gasteiger charge is -2.30. The molecule has 8 nitrogen and oxygen atoms in total. The molecule has 0 bridgehead atoms. The molecule has 162 valence electrons. The summed E-state index contributed by atoms with van der Waals surface area (Å²) in [5, 5.41) is 3.96. The molecule has 0 aromatic carbocycles. The van der Waals surface area contributed by atoms with Gasteiger partial charge in [-0.05, 0) is 25.7 Å². The van der Waals surface area contributed by atoms with Crippen LogP contribution in [0.3, 0.4) is 0 Å². The molecule has 0 N–H and O–H groups in total. The molecule has 2 amide bonds. The smallest absolute Gasteiger partial charge is 0.251 e. The number of ether oxygens (including phenoxy) is 1. The van der Waals surface area contributed by atoms with Crippen molar-refractivity contribution in [2.24, 2.45) is 0 Å². The second-order valence-electron chi connectivity index (χ2n) is 8.12. The van der Waals surface area contributed by atoms with Gasteiger partial charge < -0.3 is 19.1 Å². The lowest BCUT2D eigenvalue weighted by molar-refractivity contribution is -0.148. The highest BCUT2D eigenvalue weighted by Gasteiger charge is 2.35. The standard InChI is InChI=1S/C21H34N4O4/c1-4-18(28-17-9-7-6-8-10-17)21(27)24-12-11-16(13-24)25(15(3)26)14-19-22-20(5-2)29-23-19/h16-18H,4-14H2,1-3H3/t16-,18-/m0/s1. The Hall–Kier alpha value is -1.96. The molecule has 1 aliphatic heterocycles. The first-order chi connectivity index (χ1) is 14.0. The van der Waals surface area contributed by atoms with Crippen molar-refractivity contribution < 1.29 is 18.8 Å². The van der Waals surface area contributed by atoms with Crippen molar-refractivity contribution in [3.8, 4) is 0 Å². The van der Waals surface area contributed by atoms with E-state index in [4.69, 9.17) is 9.26 Å². The van der Waals surface area contributed by atoms with Crippen LogP contribution in [0.25, 0.3) is 0 Å². The van der Waals surface area contributed by atoms with Crippen molar-refractivity contribution in [3.05, 3.63) is 11.7 Å². The fourth-order valence-electron chi connectivity index (χ4n) is 4.31. The van der Waals surface area contributed by atoms with Crippen molar-refractivity contribution in [1.29, 1.82) is 0 Å².